The summed E-state index contributed by atoms with van der Waals surface area (Å²) in [5.74, 6) is 0. The Balaban J connectivity index is 0.660. The Morgan fingerprint density at radius 1 is 0.158 bits per heavy atom. The molecule has 0 unspecified atom stereocenters. The van der Waals surface area contributed by atoms with Crippen LogP contribution in [0.25, 0.3) is 198 Å². The maximum atomic E-state index is 7.46. The lowest BCUT2D eigenvalue weighted by molar-refractivity contribution is 0.666. The lowest BCUT2D eigenvalue weighted by atomic mass is 9.91. The molecule has 4 heterocycles. The number of hydrogen-bond donors (Lipinski definition) is 0. The van der Waals surface area contributed by atoms with E-state index in [1.165, 1.54) is 38.6 Å². The van der Waals surface area contributed by atoms with Gasteiger partial charge in [-0.3, -0.25) is 0 Å². The van der Waals surface area contributed by atoms with Gasteiger partial charge in [0.1, 0.15) is 44.7 Å². The Labute approximate surface area is 655 Å². The highest BCUT2D eigenvalue weighted by Gasteiger charge is 2.28. The second-order valence-corrected chi connectivity index (χ2v) is 29.6. The fourth-order valence-corrected chi connectivity index (χ4v) is 18.0. The number of para-hydroxylation sites is 2. The third-order valence-electron chi connectivity index (χ3n) is 23.3. The van der Waals surface area contributed by atoms with E-state index in [2.05, 4.69) is 404 Å². The minimum Gasteiger partial charge on any atom is -0.456 e. The monoisotopic (exact) mass is 1450 g/mol. The van der Waals surface area contributed by atoms with Gasteiger partial charge < -0.3 is 27.5 Å². The van der Waals surface area contributed by atoms with Gasteiger partial charge in [0.15, 0.2) is 0 Å². The van der Waals surface area contributed by atoms with Crippen LogP contribution in [0.2, 0.25) is 0 Å². The van der Waals surface area contributed by atoms with Crippen molar-refractivity contribution in [2.75, 3.05) is 9.80 Å². The minimum atomic E-state index is 0.767. The van der Waals surface area contributed by atoms with Gasteiger partial charge in [0.05, 0.1) is 22.1 Å². The van der Waals surface area contributed by atoms with Crippen LogP contribution in [0.15, 0.2) is 418 Å². The summed E-state index contributed by atoms with van der Waals surface area (Å²) < 4.78 is 28.1. The topological polar surface area (TPSA) is 59.0 Å². The van der Waals surface area contributed by atoms with Crippen molar-refractivity contribution >= 4 is 154 Å². The molecule has 19 aromatic carbocycles. The maximum absolute atomic E-state index is 7.46. The zero-order valence-electron chi connectivity index (χ0n) is 61.6. The van der Waals surface area contributed by atoms with Gasteiger partial charge in [-0.05, 0) is 198 Å². The largest absolute Gasteiger partial charge is 0.456 e. The summed E-state index contributed by atoms with van der Waals surface area (Å²) in [6.07, 6.45) is 0. The van der Waals surface area contributed by atoms with Gasteiger partial charge in [0, 0.05) is 77.0 Å². The van der Waals surface area contributed by atoms with E-state index in [0.29, 0.717) is 0 Å². The predicted molar refractivity (Wildman–Crippen MR) is 475 cm³/mol. The average molecular weight is 1460 g/mol. The standard InChI is InChI=1S/C108H66N2O4/c1-3-21-68(22-4-1)83-60-53-75(66-94(83)70-23-5-2-6-24-70)67-45-54-77(55-46-67)109(95-39-19-43-99-103(95)90-34-13-14-41-97(90)111-99)78-56-49-74(50-57-78)85-63-64-89(108-102(85)93-62-52-72-27-9-12-33-87(72)106(93)114-108)88-37-17-38-91-104-96(40-20-44-100(104)113-107(88)91)110(80-30-15-29-76(65-80)82-35-16-28-69-25-7-10-31-81(69)82)79-58-47-73(48-59-79)84-36-18-42-98-101(84)92-61-51-71-26-8-11-32-86(71)105(92)112-98/h1-66H. The molecule has 0 amide bonds. The number of benzene rings is 19. The van der Waals surface area contributed by atoms with Crippen molar-refractivity contribution in [3.05, 3.63) is 400 Å². The number of rotatable bonds is 13. The molecule has 0 saturated heterocycles. The zero-order chi connectivity index (χ0) is 74.9. The second-order valence-electron chi connectivity index (χ2n) is 29.6. The Morgan fingerprint density at radius 3 is 1.25 bits per heavy atom. The highest BCUT2D eigenvalue weighted by molar-refractivity contribution is 6.25. The van der Waals surface area contributed by atoms with E-state index in [0.717, 1.165) is 193 Å². The summed E-state index contributed by atoms with van der Waals surface area (Å²) in [6, 6.07) is 144. The van der Waals surface area contributed by atoms with Crippen LogP contribution in [0.4, 0.5) is 34.1 Å². The maximum Gasteiger partial charge on any atom is 0.144 e. The Bertz CT molecular complexity index is 7780. The first-order valence-electron chi connectivity index (χ1n) is 38.8. The summed E-state index contributed by atoms with van der Waals surface area (Å²) in [7, 11) is 0. The van der Waals surface area contributed by atoms with Crippen molar-refractivity contribution in [3.63, 3.8) is 0 Å². The van der Waals surface area contributed by atoms with Crippen molar-refractivity contribution in [2.45, 2.75) is 0 Å². The average Bonchev–Trinajstić information content (AvgIpc) is 1.56. The highest BCUT2D eigenvalue weighted by atomic mass is 16.3. The molecule has 6 heteroatoms. The van der Waals surface area contributed by atoms with Crippen LogP contribution in [0.5, 0.6) is 0 Å². The predicted octanol–water partition coefficient (Wildman–Crippen LogP) is 31.4. The first kappa shape index (κ1) is 64.7. The van der Waals surface area contributed by atoms with Gasteiger partial charge in [-0.15, -0.1) is 0 Å². The molecule has 0 spiro atoms. The van der Waals surface area contributed by atoms with Gasteiger partial charge >= 0.3 is 0 Å². The summed E-state index contributed by atoms with van der Waals surface area (Å²) in [4.78, 5) is 4.77. The molecule has 23 aromatic rings. The van der Waals surface area contributed by atoms with Crippen LogP contribution in [-0.2, 0) is 0 Å². The van der Waals surface area contributed by atoms with Crippen molar-refractivity contribution in [3.8, 4) is 77.9 Å². The second kappa shape index (κ2) is 26.2. The van der Waals surface area contributed by atoms with Crippen LogP contribution in [-0.4, -0.2) is 0 Å². The summed E-state index contributed by atoms with van der Waals surface area (Å²) in [6.45, 7) is 0. The fraction of sp³-hybridized carbons (Fsp3) is 0. The fourth-order valence-electron chi connectivity index (χ4n) is 18.0. The molecule has 0 bridgehead atoms. The number of fused-ring (bicyclic) bond motifs is 17. The van der Waals surface area contributed by atoms with Crippen molar-refractivity contribution in [1.29, 1.82) is 0 Å². The van der Waals surface area contributed by atoms with E-state index in [1.807, 2.05) is 6.07 Å². The zero-order valence-corrected chi connectivity index (χ0v) is 61.6. The van der Waals surface area contributed by atoms with Crippen LogP contribution < -0.4 is 9.80 Å². The summed E-state index contributed by atoms with van der Waals surface area (Å²) >= 11 is 0. The van der Waals surface area contributed by atoms with E-state index in [-0.39, 0.29) is 0 Å². The first-order valence-corrected chi connectivity index (χ1v) is 38.8. The van der Waals surface area contributed by atoms with E-state index in [1.54, 1.807) is 0 Å². The highest BCUT2D eigenvalue weighted by Crippen LogP contribution is 2.52. The van der Waals surface area contributed by atoms with Crippen LogP contribution >= 0.6 is 0 Å². The first-order chi connectivity index (χ1) is 56.5. The lowest BCUT2D eigenvalue weighted by Crippen LogP contribution is -2.10. The molecule has 6 nitrogen and oxygen atoms in total. The van der Waals surface area contributed by atoms with Gasteiger partial charge in [-0.1, -0.05) is 291 Å². The summed E-state index contributed by atoms with van der Waals surface area (Å²) in [5, 5.41) is 15.1. The molecular formula is C108H66N2O4. The van der Waals surface area contributed by atoms with Crippen LogP contribution in [0, 0.1) is 0 Å². The molecule has 23 rings (SSSR count). The van der Waals surface area contributed by atoms with E-state index < -0.39 is 0 Å². The molecule has 0 N–H and O–H groups in total. The lowest BCUT2D eigenvalue weighted by Gasteiger charge is -2.27. The molecule has 0 atom stereocenters. The number of furan rings is 4. The molecule has 0 aliphatic carbocycles. The number of anilines is 6. The molecule has 0 aliphatic heterocycles. The van der Waals surface area contributed by atoms with Gasteiger partial charge in [-0.25, -0.2) is 0 Å². The quantitative estimate of drug-likeness (QED) is 0.115. The third-order valence-corrected chi connectivity index (χ3v) is 23.3. The number of hydrogen-bond acceptors (Lipinski definition) is 6. The molecule has 0 fully saturated rings. The van der Waals surface area contributed by atoms with Crippen molar-refractivity contribution in [2.24, 2.45) is 0 Å². The Hall–Kier alpha value is -15.2. The van der Waals surface area contributed by atoms with Crippen molar-refractivity contribution in [1.82, 2.24) is 0 Å². The van der Waals surface area contributed by atoms with E-state index >= 15 is 0 Å². The number of nitrogens with zero attached hydrogens (tertiary/aromatic N) is 2. The molecule has 0 saturated carbocycles. The summed E-state index contributed by atoms with van der Waals surface area (Å²) in [5.41, 5.74) is 28.0. The normalized spacial score (nSPS) is 11.9. The van der Waals surface area contributed by atoms with Gasteiger partial charge in [-0.2, -0.15) is 0 Å². The van der Waals surface area contributed by atoms with Crippen LogP contribution in [0.1, 0.15) is 0 Å². The molecule has 4 aromatic heterocycles. The molecular weight excluding hydrogens is 1390 g/mol. The van der Waals surface area contributed by atoms with E-state index in [9.17, 15) is 0 Å². The third kappa shape index (κ3) is 10.5. The van der Waals surface area contributed by atoms with Crippen molar-refractivity contribution < 1.29 is 17.7 Å². The SMILES string of the molecule is c1ccc(-c2ccc(-c3ccc(N(c4ccc(-c5ccc(-c6cccc7c6oc6cccc(N(c8ccc(-c9cccc%10oc%11c%12ccccc%12ccc%11c9%10)cc8)c8cccc(-c9cccc%10ccccc9%10)c8)c67)c6oc7c8ccccc8ccc7c56)cc4)c4cccc5oc6ccccc6c45)cc3)cc2-c2ccccc2)cc1. The molecule has 532 valence electrons. The minimum absolute atomic E-state index is 0.767. The van der Waals surface area contributed by atoms with Crippen LogP contribution in [0.3, 0.4) is 0 Å². The molecule has 114 heavy (non-hydrogen) atoms. The van der Waals surface area contributed by atoms with E-state index in [4.69, 9.17) is 17.7 Å². The molecule has 0 aliphatic rings. The Kier molecular flexibility index (Phi) is 14.9. The smallest absolute Gasteiger partial charge is 0.144 e. The molecule has 0 radical (unpaired) electrons. The van der Waals surface area contributed by atoms with Gasteiger partial charge in [0.2, 0.25) is 0 Å². The van der Waals surface area contributed by atoms with Gasteiger partial charge in [0.25, 0.3) is 0 Å². The Morgan fingerprint density at radius 2 is 0.561 bits per heavy atom.